The summed E-state index contributed by atoms with van der Waals surface area (Å²) >= 11 is 0. The number of ether oxygens (including phenoxy) is 1. The van der Waals surface area contributed by atoms with Crippen molar-refractivity contribution in [2.45, 2.75) is 20.3 Å². The quantitative estimate of drug-likeness (QED) is 0.881. The molecule has 0 fully saturated rings. The van der Waals surface area contributed by atoms with Crippen molar-refractivity contribution in [3.63, 3.8) is 0 Å². The van der Waals surface area contributed by atoms with Gasteiger partial charge in [0.15, 0.2) is 0 Å². The van der Waals surface area contributed by atoms with Crippen molar-refractivity contribution in [2.75, 3.05) is 30.9 Å². The minimum atomic E-state index is 0.290. The Labute approximate surface area is 125 Å². The number of aryl methyl sites for hydroxylation is 1. The van der Waals surface area contributed by atoms with Gasteiger partial charge in [0.25, 0.3) is 0 Å². The first-order valence-electron chi connectivity index (χ1n) is 7.00. The highest BCUT2D eigenvalue weighted by Crippen LogP contribution is 2.21. The Balaban J connectivity index is 2.26. The van der Waals surface area contributed by atoms with Crippen molar-refractivity contribution in [2.24, 2.45) is 0 Å². The number of nitrogens with one attached hydrogen (secondary N) is 1. The molecule has 0 spiro atoms. The molecule has 0 saturated carbocycles. The van der Waals surface area contributed by atoms with E-state index < -0.39 is 0 Å². The van der Waals surface area contributed by atoms with E-state index in [1.54, 1.807) is 0 Å². The molecule has 0 aliphatic rings. The van der Waals surface area contributed by atoms with Gasteiger partial charge in [-0.3, -0.25) is 0 Å². The van der Waals surface area contributed by atoms with Gasteiger partial charge in [0.2, 0.25) is 11.9 Å². The van der Waals surface area contributed by atoms with E-state index in [0.717, 1.165) is 18.5 Å². The summed E-state index contributed by atoms with van der Waals surface area (Å²) in [5, 5.41) is 3.16. The maximum Gasteiger partial charge on any atom is 0.328 e. The normalized spacial score (nSPS) is 10.3. The van der Waals surface area contributed by atoms with E-state index in [1.807, 2.05) is 50.2 Å². The van der Waals surface area contributed by atoms with Crippen LogP contribution in [-0.4, -0.2) is 35.6 Å². The van der Waals surface area contributed by atoms with Crippen molar-refractivity contribution in [1.82, 2.24) is 15.0 Å². The van der Waals surface area contributed by atoms with E-state index in [-0.39, 0.29) is 6.01 Å². The fourth-order valence-electron chi connectivity index (χ4n) is 1.69. The number of anilines is 2. The van der Waals surface area contributed by atoms with Crippen LogP contribution in [0.2, 0.25) is 0 Å². The van der Waals surface area contributed by atoms with E-state index in [0.29, 0.717) is 17.6 Å². The largest absolute Gasteiger partial charge is 0.424 e. The molecule has 0 aliphatic carbocycles. The molecule has 1 aromatic heterocycles. The molecule has 112 valence electrons. The molecule has 0 aliphatic heterocycles. The minimum Gasteiger partial charge on any atom is -0.424 e. The molecule has 1 aromatic carbocycles. The van der Waals surface area contributed by atoms with Gasteiger partial charge in [-0.25, -0.2) is 0 Å². The van der Waals surface area contributed by atoms with Gasteiger partial charge < -0.3 is 15.0 Å². The molecule has 1 N–H and O–H groups in total. The van der Waals surface area contributed by atoms with Gasteiger partial charge in [-0.1, -0.05) is 19.1 Å². The van der Waals surface area contributed by atoms with Crippen molar-refractivity contribution < 1.29 is 4.74 Å². The van der Waals surface area contributed by atoms with Crippen LogP contribution >= 0.6 is 0 Å². The van der Waals surface area contributed by atoms with Crippen LogP contribution < -0.4 is 15.0 Å². The molecule has 21 heavy (non-hydrogen) atoms. The summed E-state index contributed by atoms with van der Waals surface area (Å²) in [6.45, 7) is 4.91. The first-order valence-corrected chi connectivity index (χ1v) is 7.00. The summed E-state index contributed by atoms with van der Waals surface area (Å²) < 4.78 is 5.74. The van der Waals surface area contributed by atoms with E-state index in [1.165, 1.54) is 0 Å². The molecule has 6 heteroatoms. The van der Waals surface area contributed by atoms with Gasteiger partial charge in [-0.2, -0.15) is 15.0 Å². The molecule has 0 saturated heterocycles. The first kappa shape index (κ1) is 15.0. The van der Waals surface area contributed by atoms with Crippen molar-refractivity contribution >= 4 is 11.9 Å². The Hall–Kier alpha value is -2.37. The van der Waals surface area contributed by atoms with Crippen molar-refractivity contribution in [3.8, 4) is 11.8 Å². The van der Waals surface area contributed by atoms with Crippen LogP contribution in [0, 0.1) is 6.92 Å². The van der Waals surface area contributed by atoms with Crippen LogP contribution in [0.15, 0.2) is 24.3 Å². The Kier molecular flexibility index (Phi) is 4.92. The van der Waals surface area contributed by atoms with Crippen molar-refractivity contribution in [1.29, 1.82) is 0 Å². The lowest BCUT2D eigenvalue weighted by atomic mass is 10.2. The minimum absolute atomic E-state index is 0.290. The highest BCUT2D eigenvalue weighted by Gasteiger charge is 2.09. The van der Waals surface area contributed by atoms with Crippen LogP contribution in [0.25, 0.3) is 0 Å². The predicted octanol–water partition coefficient (Wildman–Crippen LogP) is 2.86. The predicted molar refractivity (Wildman–Crippen MR) is 84.2 cm³/mol. The number of hydrogen-bond acceptors (Lipinski definition) is 6. The first-order chi connectivity index (χ1) is 10.1. The number of aromatic nitrogens is 3. The van der Waals surface area contributed by atoms with Crippen molar-refractivity contribution in [3.05, 3.63) is 29.8 Å². The molecule has 0 atom stereocenters. The van der Waals surface area contributed by atoms with E-state index in [9.17, 15) is 0 Å². The summed E-state index contributed by atoms with van der Waals surface area (Å²) in [7, 11) is 3.77. The maximum atomic E-state index is 5.74. The lowest BCUT2D eigenvalue weighted by Crippen LogP contribution is -2.16. The second-order valence-corrected chi connectivity index (χ2v) is 4.98. The Morgan fingerprint density at radius 3 is 2.67 bits per heavy atom. The van der Waals surface area contributed by atoms with Gasteiger partial charge in [0.1, 0.15) is 5.75 Å². The fraction of sp³-hybridized carbons (Fsp3) is 0.400. The molecular formula is C15H21N5O. The summed E-state index contributed by atoms with van der Waals surface area (Å²) in [6.07, 6.45) is 0.997. The molecule has 0 bridgehead atoms. The smallest absolute Gasteiger partial charge is 0.328 e. The second kappa shape index (κ2) is 6.88. The summed E-state index contributed by atoms with van der Waals surface area (Å²) in [4.78, 5) is 14.8. The molecular weight excluding hydrogens is 266 g/mol. The Morgan fingerprint density at radius 1 is 1.19 bits per heavy atom. The lowest BCUT2D eigenvalue weighted by molar-refractivity contribution is 0.440. The highest BCUT2D eigenvalue weighted by molar-refractivity contribution is 5.38. The van der Waals surface area contributed by atoms with Crippen LogP contribution in [0.1, 0.15) is 18.9 Å². The van der Waals surface area contributed by atoms with Crippen LogP contribution in [-0.2, 0) is 0 Å². The van der Waals surface area contributed by atoms with Gasteiger partial charge in [0.05, 0.1) is 0 Å². The standard InChI is InChI=1S/C15H21N5O/c1-5-9-16-13-17-14(20(3)4)19-15(18-13)21-12-8-6-7-11(2)10-12/h6-8,10H,5,9H2,1-4H3,(H,16,17,18,19). The number of nitrogens with zero attached hydrogens (tertiary/aromatic N) is 4. The summed E-state index contributed by atoms with van der Waals surface area (Å²) in [5.41, 5.74) is 1.12. The topological polar surface area (TPSA) is 63.2 Å². The number of hydrogen-bond donors (Lipinski definition) is 1. The summed E-state index contributed by atoms with van der Waals surface area (Å²) in [5.74, 6) is 1.80. The van der Waals surface area contributed by atoms with Crippen LogP contribution in [0.5, 0.6) is 11.8 Å². The SMILES string of the molecule is CCCNc1nc(Oc2cccc(C)c2)nc(N(C)C)n1. The van der Waals surface area contributed by atoms with Crippen LogP contribution in [0.3, 0.4) is 0 Å². The number of benzene rings is 1. The fourth-order valence-corrected chi connectivity index (χ4v) is 1.69. The monoisotopic (exact) mass is 287 g/mol. The van der Waals surface area contributed by atoms with E-state index in [2.05, 4.69) is 27.2 Å². The van der Waals surface area contributed by atoms with E-state index in [4.69, 9.17) is 4.74 Å². The Bertz CT molecular complexity index is 600. The van der Waals surface area contributed by atoms with Gasteiger partial charge >= 0.3 is 6.01 Å². The van der Waals surface area contributed by atoms with Gasteiger partial charge in [-0.05, 0) is 31.0 Å². The third-order valence-electron chi connectivity index (χ3n) is 2.73. The molecule has 6 nitrogen and oxygen atoms in total. The number of rotatable bonds is 6. The third kappa shape index (κ3) is 4.30. The van der Waals surface area contributed by atoms with Gasteiger partial charge in [-0.15, -0.1) is 0 Å². The lowest BCUT2D eigenvalue weighted by Gasteiger charge is -2.13. The average molecular weight is 287 g/mol. The molecule has 0 amide bonds. The highest BCUT2D eigenvalue weighted by atomic mass is 16.5. The zero-order chi connectivity index (χ0) is 15.2. The third-order valence-corrected chi connectivity index (χ3v) is 2.73. The molecule has 1 heterocycles. The zero-order valence-corrected chi connectivity index (χ0v) is 12.9. The second-order valence-electron chi connectivity index (χ2n) is 4.98. The molecule has 2 aromatic rings. The molecule has 2 rings (SSSR count). The average Bonchev–Trinajstić information content (AvgIpc) is 2.45. The maximum absolute atomic E-state index is 5.74. The molecule has 0 unspecified atom stereocenters. The zero-order valence-electron chi connectivity index (χ0n) is 12.9. The Morgan fingerprint density at radius 2 is 2.00 bits per heavy atom. The van der Waals surface area contributed by atoms with Crippen LogP contribution in [0.4, 0.5) is 11.9 Å². The molecule has 0 radical (unpaired) electrons. The van der Waals surface area contributed by atoms with Gasteiger partial charge in [0, 0.05) is 20.6 Å². The summed E-state index contributed by atoms with van der Waals surface area (Å²) in [6, 6.07) is 8.07. The van der Waals surface area contributed by atoms with E-state index >= 15 is 0 Å².